The average molecular weight is 405 g/mol. The third-order valence-electron chi connectivity index (χ3n) is 4.55. The van der Waals surface area contributed by atoms with Crippen molar-refractivity contribution < 1.29 is 14.3 Å². The molecule has 3 aromatic rings. The Balaban J connectivity index is 1.67. The molecule has 6 nitrogen and oxygen atoms in total. The second-order valence-electron chi connectivity index (χ2n) is 6.77. The molecule has 0 saturated carbocycles. The first-order valence-electron chi connectivity index (χ1n) is 9.84. The predicted octanol–water partition coefficient (Wildman–Crippen LogP) is 4.27. The maximum absolute atomic E-state index is 12.7. The lowest BCUT2D eigenvalue weighted by Gasteiger charge is -2.23. The molecular formula is C24H27N3O3. The molecule has 0 bridgehead atoms. The van der Waals surface area contributed by atoms with Gasteiger partial charge in [-0.3, -0.25) is 0 Å². The summed E-state index contributed by atoms with van der Waals surface area (Å²) in [4.78, 5) is 14.4. The second kappa shape index (κ2) is 10.9. The molecule has 0 radical (unpaired) electrons. The van der Waals surface area contributed by atoms with E-state index in [0.717, 1.165) is 16.8 Å². The van der Waals surface area contributed by atoms with Crippen molar-refractivity contribution in [2.24, 2.45) is 5.73 Å². The highest BCUT2D eigenvalue weighted by Gasteiger charge is 2.15. The van der Waals surface area contributed by atoms with Crippen molar-refractivity contribution in [3.63, 3.8) is 0 Å². The van der Waals surface area contributed by atoms with E-state index in [4.69, 9.17) is 15.2 Å². The van der Waals surface area contributed by atoms with Gasteiger partial charge in [0, 0.05) is 25.3 Å². The maximum atomic E-state index is 12.7. The second-order valence-corrected chi connectivity index (χ2v) is 6.77. The van der Waals surface area contributed by atoms with Crippen LogP contribution < -0.4 is 20.5 Å². The van der Waals surface area contributed by atoms with Crippen LogP contribution in [0.2, 0.25) is 0 Å². The minimum Gasteiger partial charge on any atom is -0.493 e. The fourth-order valence-corrected chi connectivity index (χ4v) is 3.02. The minimum atomic E-state index is -0.199. The number of carbonyl (C=O) groups excluding carboxylic acids is 1. The number of anilines is 1. The van der Waals surface area contributed by atoms with Crippen LogP contribution in [0, 0.1) is 0 Å². The summed E-state index contributed by atoms with van der Waals surface area (Å²) in [5, 5.41) is 2.90. The number of methoxy groups -OCH3 is 1. The lowest BCUT2D eigenvalue weighted by atomic mass is 10.2. The monoisotopic (exact) mass is 405 g/mol. The number of urea groups is 1. The van der Waals surface area contributed by atoms with Gasteiger partial charge < -0.3 is 25.4 Å². The number of para-hydroxylation sites is 1. The van der Waals surface area contributed by atoms with E-state index in [-0.39, 0.29) is 6.03 Å². The van der Waals surface area contributed by atoms with Gasteiger partial charge in [-0.1, -0.05) is 54.6 Å². The number of ether oxygens (including phenoxy) is 2. The molecule has 0 heterocycles. The lowest BCUT2D eigenvalue weighted by molar-refractivity contribution is 0.210. The van der Waals surface area contributed by atoms with Crippen LogP contribution in [0.25, 0.3) is 0 Å². The van der Waals surface area contributed by atoms with E-state index in [1.54, 1.807) is 12.0 Å². The molecule has 0 aliphatic heterocycles. The minimum absolute atomic E-state index is 0.199. The smallest absolute Gasteiger partial charge is 0.322 e. The van der Waals surface area contributed by atoms with E-state index >= 15 is 0 Å². The van der Waals surface area contributed by atoms with Gasteiger partial charge >= 0.3 is 6.03 Å². The summed E-state index contributed by atoms with van der Waals surface area (Å²) in [6, 6.07) is 24.8. The lowest BCUT2D eigenvalue weighted by Crippen LogP contribution is -2.38. The molecule has 0 atom stereocenters. The van der Waals surface area contributed by atoms with Gasteiger partial charge in [0.25, 0.3) is 0 Å². The first-order chi connectivity index (χ1) is 14.7. The van der Waals surface area contributed by atoms with Gasteiger partial charge in [0.2, 0.25) is 0 Å². The van der Waals surface area contributed by atoms with Gasteiger partial charge in [0.05, 0.1) is 7.11 Å². The van der Waals surface area contributed by atoms with Crippen LogP contribution >= 0.6 is 0 Å². The number of nitrogens with one attached hydrogen (secondary N) is 1. The van der Waals surface area contributed by atoms with Gasteiger partial charge in [-0.2, -0.15) is 0 Å². The van der Waals surface area contributed by atoms with Crippen LogP contribution in [0.5, 0.6) is 11.5 Å². The Morgan fingerprint density at radius 3 is 2.30 bits per heavy atom. The summed E-state index contributed by atoms with van der Waals surface area (Å²) in [5.74, 6) is 1.28. The van der Waals surface area contributed by atoms with Crippen LogP contribution in [0.15, 0.2) is 78.9 Å². The number of rotatable bonds is 9. The van der Waals surface area contributed by atoms with Gasteiger partial charge in [-0.25, -0.2) is 4.79 Å². The zero-order valence-corrected chi connectivity index (χ0v) is 17.1. The van der Waals surface area contributed by atoms with E-state index in [0.29, 0.717) is 37.7 Å². The Labute approximate surface area is 177 Å². The molecular weight excluding hydrogens is 378 g/mol. The standard InChI is InChI=1S/C24H27N3O3/c1-29-23-16-20(12-13-22(23)30-18-19-8-4-2-5-9-19)17-27(15-14-25)24(28)26-21-10-6-3-7-11-21/h2-13,16H,14-15,17-18,25H2,1H3,(H,26,28). The van der Waals surface area contributed by atoms with Crippen molar-refractivity contribution in [1.29, 1.82) is 0 Å². The zero-order valence-electron chi connectivity index (χ0n) is 17.1. The molecule has 6 heteroatoms. The van der Waals surface area contributed by atoms with Gasteiger partial charge in [-0.05, 0) is 35.4 Å². The summed E-state index contributed by atoms with van der Waals surface area (Å²) in [6.45, 7) is 1.67. The van der Waals surface area contributed by atoms with Gasteiger partial charge in [-0.15, -0.1) is 0 Å². The molecule has 0 aromatic heterocycles. The molecule has 30 heavy (non-hydrogen) atoms. The van der Waals surface area contributed by atoms with Gasteiger partial charge in [0.15, 0.2) is 11.5 Å². The van der Waals surface area contributed by atoms with E-state index in [2.05, 4.69) is 5.32 Å². The summed E-state index contributed by atoms with van der Waals surface area (Å²) in [6.07, 6.45) is 0. The molecule has 0 aliphatic rings. The largest absolute Gasteiger partial charge is 0.493 e. The van der Waals surface area contributed by atoms with Crippen molar-refractivity contribution >= 4 is 11.7 Å². The topological polar surface area (TPSA) is 76.8 Å². The molecule has 3 N–H and O–H groups in total. The number of hydrogen-bond donors (Lipinski definition) is 2. The Morgan fingerprint density at radius 2 is 1.63 bits per heavy atom. The molecule has 156 valence electrons. The first-order valence-corrected chi connectivity index (χ1v) is 9.84. The number of nitrogens with two attached hydrogens (primary N) is 1. The normalized spacial score (nSPS) is 10.3. The molecule has 0 spiro atoms. The Hall–Kier alpha value is -3.51. The molecule has 0 unspecified atom stereocenters. The summed E-state index contributed by atoms with van der Waals surface area (Å²) in [7, 11) is 1.61. The highest BCUT2D eigenvalue weighted by Crippen LogP contribution is 2.29. The highest BCUT2D eigenvalue weighted by atomic mass is 16.5. The van der Waals surface area contributed by atoms with Crippen molar-refractivity contribution in [1.82, 2.24) is 4.90 Å². The molecule has 0 saturated heterocycles. The van der Waals surface area contributed by atoms with Crippen LogP contribution in [-0.2, 0) is 13.2 Å². The molecule has 3 rings (SSSR count). The molecule has 0 fully saturated rings. The summed E-state index contributed by atoms with van der Waals surface area (Å²) < 4.78 is 11.4. The molecule has 0 aliphatic carbocycles. The van der Waals surface area contributed by atoms with Crippen LogP contribution in [0.3, 0.4) is 0 Å². The first kappa shape index (κ1) is 21.2. The average Bonchev–Trinajstić information content (AvgIpc) is 2.79. The Kier molecular flexibility index (Phi) is 7.69. The highest BCUT2D eigenvalue weighted by molar-refractivity contribution is 5.89. The number of carbonyl (C=O) groups is 1. The van der Waals surface area contributed by atoms with Crippen LogP contribution in [-0.4, -0.2) is 31.1 Å². The summed E-state index contributed by atoms with van der Waals surface area (Å²) in [5.41, 5.74) is 8.47. The number of amides is 2. The predicted molar refractivity (Wildman–Crippen MR) is 119 cm³/mol. The third-order valence-corrected chi connectivity index (χ3v) is 4.55. The van der Waals surface area contributed by atoms with Crippen LogP contribution in [0.1, 0.15) is 11.1 Å². The van der Waals surface area contributed by atoms with Gasteiger partial charge in [0.1, 0.15) is 6.61 Å². The van der Waals surface area contributed by atoms with Crippen molar-refractivity contribution in [2.45, 2.75) is 13.2 Å². The fourth-order valence-electron chi connectivity index (χ4n) is 3.02. The van der Waals surface area contributed by atoms with E-state index in [9.17, 15) is 4.79 Å². The zero-order chi connectivity index (χ0) is 21.2. The Morgan fingerprint density at radius 1 is 0.933 bits per heavy atom. The Bertz CT molecular complexity index is 933. The number of hydrogen-bond acceptors (Lipinski definition) is 4. The van der Waals surface area contributed by atoms with Crippen molar-refractivity contribution in [2.75, 3.05) is 25.5 Å². The molecule has 2 amide bonds. The maximum Gasteiger partial charge on any atom is 0.322 e. The van der Waals surface area contributed by atoms with E-state index in [1.165, 1.54) is 0 Å². The fraction of sp³-hybridized carbons (Fsp3) is 0.208. The summed E-state index contributed by atoms with van der Waals surface area (Å²) >= 11 is 0. The van der Waals surface area contributed by atoms with Crippen molar-refractivity contribution in [3.8, 4) is 11.5 Å². The SMILES string of the molecule is COc1cc(CN(CCN)C(=O)Nc2ccccc2)ccc1OCc1ccccc1. The van der Waals surface area contributed by atoms with E-state index in [1.807, 2.05) is 78.9 Å². The number of nitrogens with zero attached hydrogens (tertiary/aromatic N) is 1. The quantitative estimate of drug-likeness (QED) is 0.557. The van der Waals surface area contributed by atoms with Crippen LogP contribution in [0.4, 0.5) is 10.5 Å². The number of benzene rings is 3. The van der Waals surface area contributed by atoms with E-state index < -0.39 is 0 Å². The van der Waals surface area contributed by atoms with Crippen molar-refractivity contribution in [3.05, 3.63) is 90.0 Å². The third kappa shape index (κ3) is 5.99. The molecule has 3 aromatic carbocycles.